The third-order valence-corrected chi connectivity index (χ3v) is 4.83. The van der Waals surface area contributed by atoms with Crippen molar-refractivity contribution in [2.45, 2.75) is 25.6 Å². The molecule has 27 heavy (non-hydrogen) atoms. The summed E-state index contributed by atoms with van der Waals surface area (Å²) in [6.45, 7) is 2.79. The molecule has 1 unspecified atom stereocenters. The lowest BCUT2D eigenvalue weighted by Crippen LogP contribution is -2.44. The van der Waals surface area contributed by atoms with E-state index in [0.717, 1.165) is 17.2 Å². The summed E-state index contributed by atoms with van der Waals surface area (Å²) in [5, 5.41) is 11.7. The van der Waals surface area contributed by atoms with Crippen LogP contribution in [0.1, 0.15) is 27.5 Å². The van der Waals surface area contributed by atoms with Crippen LogP contribution in [0.2, 0.25) is 0 Å². The smallest absolute Gasteiger partial charge is 0.251 e. The zero-order valence-electron chi connectivity index (χ0n) is 14.8. The average Bonchev–Trinajstić information content (AvgIpc) is 3.14. The lowest BCUT2D eigenvalue weighted by atomic mass is 10.2. The van der Waals surface area contributed by atoms with Gasteiger partial charge in [0, 0.05) is 30.0 Å². The van der Waals surface area contributed by atoms with Gasteiger partial charge in [0.25, 0.3) is 5.91 Å². The predicted molar refractivity (Wildman–Crippen MR) is 106 cm³/mol. The SMILES string of the molecule is Cl.O=C(CC1COCCN1)NCc1csc(CNC(=O)c2ccccc2)n1. The number of thiazole rings is 1. The van der Waals surface area contributed by atoms with Gasteiger partial charge < -0.3 is 20.7 Å². The molecule has 3 rings (SSSR count). The van der Waals surface area contributed by atoms with E-state index in [-0.39, 0.29) is 30.3 Å². The van der Waals surface area contributed by atoms with E-state index in [1.807, 2.05) is 23.6 Å². The highest BCUT2D eigenvalue weighted by Gasteiger charge is 2.16. The number of ether oxygens (including phenoxy) is 1. The number of amides is 2. The van der Waals surface area contributed by atoms with Crippen LogP contribution >= 0.6 is 23.7 Å². The maximum Gasteiger partial charge on any atom is 0.251 e. The van der Waals surface area contributed by atoms with Crippen molar-refractivity contribution < 1.29 is 14.3 Å². The van der Waals surface area contributed by atoms with Crippen LogP contribution in [0.25, 0.3) is 0 Å². The number of nitrogens with zero attached hydrogens (tertiary/aromatic N) is 1. The standard InChI is InChI=1S/C18H22N4O3S.ClH/c23-16(8-14-11-25-7-6-19-14)20-9-15-12-26-17(22-15)10-21-18(24)13-4-2-1-3-5-13;/h1-5,12,14,19H,6-11H2,(H,20,23)(H,21,24);1H. The Labute approximate surface area is 168 Å². The zero-order valence-corrected chi connectivity index (χ0v) is 16.4. The van der Waals surface area contributed by atoms with Crippen LogP contribution in [0.15, 0.2) is 35.7 Å². The molecule has 2 aromatic rings. The summed E-state index contributed by atoms with van der Waals surface area (Å²) in [4.78, 5) is 28.4. The van der Waals surface area contributed by atoms with Crippen molar-refractivity contribution in [3.63, 3.8) is 0 Å². The number of hydrogen-bond donors (Lipinski definition) is 3. The molecule has 3 N–H and O–H groups in total. The van der Waals surface area contributed by atoms with Crippen molar-refractivity contribution in [1.29, 1.82) is 0 Å². The topological polar surface area (TPSA) is 92.4 Å². The van der Waals surface area contributed by atoms with Gasteiger partial charge in [-0.05, 0) is 12.1 Å². The number of carbonyl (C=O) groups excluding carboxylic acids is 2. The van der Waals surface area contributed by atoms with Gasteiger partial charge in [-0.1, -0.05) is 18.2 Å². The van der Waals surface area contributed by atoms with Crippen LogP contribution in [0.5, 0.6) is 0 Å². The zero-order chi connectivity index (χ0) is 18.2. The van der Waals surface area contributed by atoms with Gasteiger partial charge >= 0.3 is 0 Å². The lowest BCUT2D eigenvalue weighted by molar-refractivity contribution is -0.122. The number of benzene rings is 1. The molecular weight excluding hydrogens is 388 g/mol. The molecule has 0 bridgehead atoms. The van der Waals surface area contributed by atoms with Gasteiger partial charge in [-0.3, -0.25) is 9.59 Å². The number of nitrogens with one attached hydrogen (secondary N) is 3. The molecule has 0 saturated carbocycles. The fraction of sp³-hybridized carbons (Fsp3) is 0.389. The highest BCUT2D eigenvalue weighted by molar-refractivity contribution is 7.09. The quantitative estimate of drug-likeness (QED) is 0.643. The van der Waals surface area contributed by atoms with Gasteiger partial charge in [-0.25, -0.2) is 4.98 Å². The van der Waals surface area contributed by atoms with Crippen molar-refractivity contribution in [3.8, 4) is 0 Å². The van der Waals surface area contributed by atoms with Crippen molar-refractivity contribution in [2.24, 2.45) is 0 Å². The van der Waals surface area contributed by atoms with Crippen LogP contribution in [-0.4, -0.2) is 42.6 Å². The molecule has 2 heterocycles. The second-order valence-electron chi connectivity index (χ2n) is 5.99. The maximum absolute atomic E-state index is 12.0. The van der Waals surface area contributed by atoms with E-state index >= 15 is 0 Å². The molecule has 1 aromatic carbocycles. The third kappa shape index (κ3) is 6.91. The van der Waals surface area contributed by atoms with E-state index in [4.69, 9.17) is 4.74 Å². The van der Waals surface area contributed by atoms with Crippen molar-refractivity contribution in [2.75, 3.05) is 19.8 Å². The molecular formula is C18H23ClN4O3S. The second-order valence-corrected chi connectivity index (χ2v) is 6.93. The van der Waals surface area contributed by atoms with Crippen molar-refractivity contribution in [1.82, 2.24) is 20.9 Å². The maximum atomic E-state index is 12.0. The van der Waals surface area contributed by atoms with E-state index in [1.54, 1.807) is 12.1 Å². The normalized spacial score (nSPS) is 16.2. The molecule has 0 radical (unpaired) electrons. The predicted octanol–water partition coefficient (Wildman–Crippen LogP) is 1.49. The van der Waals surface area contributed by atoms with Crippen LogP contribution < -0.4 is 16.0 Å². The van der Waals surface area contributed by atoms with E-state index in [1.165, 1.54) is 11.3 Å². The first-order valence-electron chi connectivity index (χ1n) is 8.55. The fourth-order valence-electron chi connectivity index (χ4n) is 2.59. The first-order chi connectivity index (χ1) is 12.7. The minimum absolute atomic E-state index is 0. The van der Waals surface area contributed by atoms with E-state index in [0.29, 0.717) is 38.3 Å². The molecule has 1 aromatic heterocycles. The molecule has 0 spiro atoms. The summed E-state index contributed by atoms with van der Waals surface area (Å²) in [7, 11) is 0. The number of halogens is 1. The summed E-state index contributed by atoms with van der Waals surface area (Å²) < 4.78 is 5.34. The Morgan fingerprint density at radius 3 is 2.78 bits per heavy atom. The number of carbonyl (C=O) groups is 2. The first kappa shape index (κ1) is 21.3. The number of morpholine rings is 1. The Morgan fingerprint density at radius 2 is 2.04 bits per heavy atom. The largest absolute Gasteiger partial charge is 0.378 e. The van der Waals surface area contributed by atoms with Crippen LogP contribution in [0.3, 0.4) is 0 Å². The van der Waals surface area contributed by atoms with Gasteiger partial charge in [0.1, 0.15) is 5.01 Å². The molecule has 9 heteroatoms. The summed E-state index contributed by atoms with van der Waals surface area (Å²) in [5.74, 6) is -0.155. The molecule has 146 valence electrons. The number of aromatic nitrogens is 1. The number of rotatable bonds is 7. The Morgan fingerprint density at radius 1 is 1.22 bits per heavy atom. The van der Waals surface area contributed by atoms with Gasteiger partial charge in [-0.2, -0.15) is 0 Å². The van der Waals surface area contributed by atoms with Crippen LogP contribution in [0, 0.1) is 0 Å². The minimum Gasteiger partial charge on any atom is -0.378 e. The van der Waals surface area contributed by atoms with Gasteiger partial charge in [0.2, 0.25) is 5.91 Å². The number of hydrogen-bond acceptors (Lipinski definition) is 6. The van der Waals surface area contributed by atoms with Crippen molar-refractivity contribution in [3.05, 3.63) is 52.0 Å². The average molecular weight is 411 g/mol. The first-order valence-corrected chi connectivity index (χ1v) is 9.43. The summed E-state index contributed by atoms with van der Waals surface area (Å²) in [6, 6.07) is 9.13. The van der Waals surface area contributed by atoms with Gasteiger partial charge in [-0.15, -0.1) is 23.7 Å². The molecule has 0 aliphatic carbocycles. The van der Waals surface area contributed by atoms with E-state index in [2.05, 4.69) is 20.9 Å². The van der Waals surface area contributed by atoms with E-state index < -0.39 is 0 Å². The molecule has 1 aliphatic heterocycles. The Kier molecular flexibility index (Phi) is 8.66. The van der Waals surface area contributed by atoms with Gasteiger partial charge in [0.15, 0.2) is 0 Å². The minimum atomic E-state index is -0.127. The molecule has 1 fully saturated rings. The Bertz CT molecular complexity index is 735. The Balaban J connectivity index is 0.00000261. The van der Waals surface area contributed by atoms with E-state index in [9.17, 15) is 9.59 Å². The Hall–Kier alpha value is -2.00. The molecule has 1 aliphatic rings. The van der Waals surface area contributed by atoms with Crippen LogP contribution in [0.4, 0.5) is 0 Å². The molecule has 2 amide bonds. The highest BCUT2D eigenvalue weighted by Crippen LogP contribution is 2.10. The summed E-state index contributed by atoms with van der Waals surface area (Å²) >= 11 is 1.46. The monoisotopic (exact) mass is 410 g/mol. The lowest BCUT2D eigenvalue weighted by Gasteiger charge is -2.23. The second kappa shape index (κ2) is 11.0. The summed E-state index contributed by atoms with van der Waals surface area (Å²) in [5.41, 5.74) is 1.41. The van der Waals surface area contributed by atoms with Gasteiger partial charge in [0.05, 0.1) is 32.0 Å². The van der Waals surface area contributed by atoms with Crippen LogP contribution in [-0.2, 0) is 22.6 Å². The molecule has 1 saturated heterocycles. The molecule has 7 nitrogen and oxygen atoms in total. The van der Waals surface area contributed by atoms with Crippen molar-refractivity contribution >= 4 is 35.6 Å². The fourth-order valence-corrected chi connectivity index (χ4v) is 3.33. The summed E-state index contributed by atoms with van der Waals surface area (Å²) in [6.07, 6.45) is 0.393. The highest BCUT2D eigenvalue weighted by atomic mass is 35.5. The molecule has 1 atom stereocenters. The third-order valence-electron chi connectivity index (χ3n) is 3.93.